The van der Waals surface area contributed by atoms with Crippen molar-refractivity contribution in [1.82, 2.24) is 10.6 Å². The van der Waals surface area contributed by atoms with Gasteiger partial charge in [0.15, 0.2) is 0 Å². The van der Waals surface area contributed by atoms with Crippen LogP contribution in [-0.2, 0) is 19.2 Å². The average molecular weight is 288 g/mol. The summed E-state index contributed by atoms with van der Waals surface area (Å²) in [6.07, 6.45) is 0.0657. The van der Waals surface area contributed by atoms with Crippen molar-refractivity contribution in [3.8, 4) is 0 Å². The molecule has 8 heteroatoms. The zero-order chi connectivity index (χ0) is 15.5. The Bertz CT molecular complexity index is 369. The normalized spacial score (nSPS) is 11.4. The van der Waals surface area contributed by atoms with Crippen LogP contribution in [0.5, 0.6) is 0 Å². The minimum atomic E-state index is -1.25. The number of carbonyl (C=O) groups is 4. The highest BCUT2D eigenvalue weighted by Crippen LogP contribution is 2.00. The molecule has 0 aromatic carbocycles. The lowest BCUT2D eigenvalue weighted by molar-refractivity contribution is -0.142. The van der Waals surface area contributed by atoms with Crippen LogP contribution < -0.4 is 10.6 Å². The zero-order valence-electron chi connectivity index (χ0n) is 11.3. The maximum absolute atomic E-state index is 11.3. The summed E-state index contributed by atoms with van der Waals surface area (Å²) >= 11 is 0. The van der Waals surface area contributed by atoms with Gasteiger partial charge in [0.05, 0.1) is 6.42 Å². The van der Waals surface area contributed by atoms with Crippen LogP contribution in [0.2, 0.25) is 0 Å². The van der Waals surface area contributed by atoms with Gasteiger partial charge in [-0.2, -0.15) is 0 Å². The van der Waals surface area contributed by atoms with Gasteiger partial charge in [-0.1, -0.05) is 6.92 Å². The number of hydrogen-bond acceptors (Lipinski definition) is 4. The van der Waals surface area contributed by atoms with Crippen molar-refractivity contribution in [2.24, 2.45) is 0 Å². The Morgan fingerprint density at radius 1 is 1.00 bits per heavy atom. The summed E-state index contributed by atoms with van der Waals surface area (Å²) in [5, 5.41) is 22.1. The molecule has 0 unspecified atom stereocenters. The first-order valence-electron chi connectivity index (χ1n) is 6.37. The molecular weight excluding hydrogens is 268 g/mol. The Hall–Kier alpha value is -2.12. The van der Waals surface area contributed by atoms with Crippen molar-refractivity contribution in [3.63, 3.8) is 0 Å². The summed E-state index contributed by atoms with van der Waals surface area (Å²) < 4.78 is 0. The smallest absolute Gasteiger partial charge is 0.326 e. The topological polar surface area (TPSA) is 133 Å². The number of carboxylic acids is 2. The second-order valence-electron chi connectivity index (χ2n) is 4.24. The molecule has 114 valence electrons. The summed E-state index contributed by atoms with van der Waals surface area (Å²) in [5.41, 5.74) is 0. The second kappa shape index (κ2) is 9.76. The lowest BCUT2D eigenvalue weighted by Crippen LogP contribution is -2.41. The molecule has 0 aromatic heterocycles. The standard InChI is InChI=1S/C12H20N2O6/c1-2-7-13-9(15)4-3-8(12(19)20)14-10(16)5-6-11(17)18/h8H,2-7H2,1H3,(H,13,15)(H,14,16)(H,17,18)(H,19,20)/t8-/m0/s1. The molecular formula is C12H20N2O6. The minimum Gasteiger partial charge on any atom is -0.481 e. The number of carbonyl (C=O) groups excluding carboxylic acids is 2. The Balaban J connectivity index is 4.16. The third-order valence-corrected chi connectivity index (χ3v) is 2.43. The molecule has 0 saturated heterocycles. The van der Waals surface area contributed by atoms with Gasteiger partial charge >= 0.3 is 11.9 Å². The predicted molar refractivity (Wildman–Crippen MR) is 69.0 cm³/mol. The molecule has 8 nitrogen and oxygen atoms in total. The van der Waals surface area contributed by atoms with Crippen LogP contribution >= 0.6 is 0 Å². The first-order valence-corrected chi connectivity index (χ1v) is 6.37. The summed E-state index contributed by atoms with van der Waals surface area (Å²) in [6, 6.07) is -1.19. The fourth-order valence-corrected chi connectivity index (χ4v) is 1.37. The van der Waals surface area contributed by atoms with Crippen LogP contribution in [0.4, 0.5) is 0 Å². The van der Waals surface area contributed by atoms with Gasteiger partial charge in [0, 0.05) is 19.4 Å². The number of hydrogen-bond donors (Lipinski definition) is 4. The van der Waals surface area contributed by atoms with E-state index in [2.05, 4.69) is 10.6 Å². The SMILES string of the molecule is CCCNC(=O)CC[C@H](NC(=O)CCC(=O)O)C(=O)O. The molecule has 0 bridgehead atoms. The largest absolute Gasteiger partial charge is 0.481 e. The third kappa shape index (κ3) is 8.90. The van der Waals surface area contributed by atoms with E-state index in [9.17, 15) is 19.2 Å². The number of carboxylic acid groups (broad SMARTS) is 2. The molecule has 2 amide bonds. The maximum Gasteiger partial charge on any atom is 0.326 e. The molecule has 0 fully saturated rings. The lowest BCUT2D eigenvalue weighted by Gasteiger charge is -2.14. The van der Waals surface area contributed by atoms with E-state index in [4.69, 9.17) is 10.2 Å². The van der Waals surface area contributed by atoms with Crippen molar-refractivity contribution in [3.05, 3.63) is 0 Å². The zero-order valence-corrected chi connectivity index (χ0v) is 11.3. The highest BCUT2D eigenvalue weighted by atomic mass is 16.4. The van der Waals surface area contributed by atoms with Gasteiger partial charge in [-0.05, 0) is 12.8 Å². The van der Waals surface area contributed by atoms with Crippen molar-refractivity contribution >= 4 is 23.8 Å². The monoisotopic (exact) mass is 288 g/mol. The fraction of sp³-hybridized carbons (Fsp3) is 0.667. The first kappa shape index (κ1) is 17.9. The first-order chi connectivity index (χ1) is 9.36. The van der Waals surface area contributed by atoms with Crippen molar-refractivity contribution in [2.45, 2.75) is 45.1 Å². The van der Waals surface area contributed by atoms with Crippen LogP contribution in [0.1, 0.15) is 39.0 Å². The predicted octanol–water partition coefficient (Wildman–Crippen LogP) is -0.273. The molecule has 0 aliphatic heterocycles. The minimum absolute atomic E-state index is 0.0177. The molecule has 1 atom stereocenters. The quantitative estimate of drug-likeness (QED) is 0.437. The number of aliphatic carboxylic acids is 2. The Labute approximate surface area is 116 Å². The van der Waals surface area contributed by atoms with Crippen molar-refractivity contribution in [1.29, 1.82) is 0 Å². The van der Waals surface area contributed by atoms with Gasteiger partial charge < -0.3 is 20.8 Å². The van der Waals surface area contributed by atoms with Crippen LogP contribution in [0.15, 0.2) is 0 Å². The maximum atomic E-state index is 11.3. The Kier molecular flexibility index (Phi) is 8.73. The number of amides is 2. The molecule has 0 heterocycles. The van der Waals surface area contributed by atoms with E-state index in [1.807, 2.05) is 6.92 Å². The number of rotatable bonds is 10. The van der Waals surface area contributed by atoms with E-state index in [1.165, 1.54) is 0 Å². The van der Waals surface area contributed by atoms with Gasteiger partial charge in [-0.25, -0.2) is 4.79 Å². The molecule has 0 saturated carbocycles. The fourth-order valence-electron chi connectivity index (χ4n) is 1.37. The second-order valence-corrected chi connectivity index (χ2v) is 4.24. The highest BCUT2D eigenvalue weighted by Gasteiger charge is 2.21. The van der Waals surface area contributed by atoms with E-state index in [0.717, 1.165) is 6.42 Å². The van der Waals surface area contributed by atoms with E-state index in [1.54, 1.807) is 0 Å². The van der Waals surface area contributed by atoms with E-state index in [-0.39, 0.29) is 31.6 Å². The molecule has 0 radical (unpaired) electrons. The summed E-state index contributed by atoms with van der Waals surface area (Å²) in [5.74, 6) is -3.32. The third-order valence-electron chi connectivity index (χ3n) is 2.43. The summed E-state index contributed by atoms with van der Waals surface area (Å²) in [4.78, 5) is 43.9. The Morgan fingerprint density at radius 3 is 2.15 bits per heavy atom. The van der Waals surface area contributed by atoms with Gasteiger partial charge in [-0.15, -0.1) is 0 Å². The average Bonchev–Trinajstić information content (AvgIpc) is 2.38. The Morgan fingerprint density at radius 2 is 1.65 bits per heavy atom. The summed E-state index contributed by atoms with van der Waals surface area (Å²) in [6.45, 7) is 2.41. The molecule has 0 spiro atoms. The van der Waals surface area contributed by atoms with E-state index in [0.29, 0.717) is 6.54 Å². The van der Waals surface area contributed by atoms with Gasteiger partial charge in [0.1, 0.15) is 6.04 Å². The lowest BCUT2D eigenvalue weighted by atomic mass is 10.1. The molecule has 0 aromatic rings. The van der Waals surface area contributed by atoms with Gasteiger partial charge in [0.2, 0.25) is 11.8 Å². The van der Waals surface area contributed by atoms with Crippen LogP contribution in [0, 0.1) is 0 Å². The van der Waals surface area contributed by atoms with E-state index >= 15 is 0 Å². The van der Waals surface area contributed by atoms with Crippen LogP contribution in [0.25, 0.3) is 0 Å². The van der Waals surface area contributed by atoms with Gasteiger partial charge in [0.25, 0.3) is 0 Å². The highest BCUT2D eigenvalue weighted by molar-refractivity contribution is 5.86. The number of nitrogens with one attached hydrogen (secondary N) is 2. The molecule has 0 aliphatic rings. The van der Waals surface area contributed by atoms with Crippen LogP contribution in [0.3, 0.4) is 0 Å². The van der Waals surface area contributed by atoms with E-state index < -0.39 is 23.9 Å². The van der Waals surface area contributed by atoms with Crippen LogP contribution in [-0.4, -0.2) is 46.6 Å². The molecule has 0 aliphatic carbocycles. The molecule has 4 N–H and O–H groups in total. The molecule has 20 heavy (non-hydrogen) atoms. The van der Waals surface area contributed by atoms with Crippen molar-refractivity contribution in [2.75, 3.05) is 6.54 Å². The molecule has 0 rings (SSSR count). The van der Waals surface area contributed by atoms with Gasteiger partial charge in [-0.3, -0.25) is 14.4 Å². The van der Waals surface area contributed by atoms with Crippen molar-refractivity contribution < 1.29 is 29.4 Å². The summed E-state index contributed by atoms with van der Waals surface area (Å²) in [7, 11) is 0.